The highest BCUT2D eigenvalue weighted by Crippen LogP contribution is 2.34. The minimum Gasteiger partial charge on any atom is -0.457 e. The zero-order chi connectivity index (χ0) is 24.4. The molecule has 0 atom stereocenters. The molecular weight excluding hydrogens is 445 g/mol. The number of likely N-dealkylation sites (tertiary alicyclic amines) is 1. The molecule has 1 aliphatic rings. The van der Waals surface area contributed by atoms with E-state index in [2.05, 4.69) is 26.8 Å². The molecule has 0 unspecified atom stereocenters. The van der Waals surface area contributed by atoms with E-state index < -0.39 is 5.91 Å². The number of fused-ring (bicyclic) bond motifs is 1. The molecule has 0 bridgehead atoms. The summed E-state index contributed by atoms with van der Waals surface area (Å²) in [5.74, 6) is 6.69. The van der Waals surface area contributed by atoms with Crippen LogP contribution in [0.2, 0.25) is 0 Å². The molecule has 4 aromatic rings. The maximum absolute atomic E-state index is 13.1. The number of halogens is 1. The van der Waals surface area contributed by atoms with Crippen molar-refractivity contribution < 1.29 is 13.9 Å². The van der Waals surface area contributed by atoms with Gasteiger partial charge in [0.25, 0.3) is 5.91 Å². The van der Waals surface area contributed by atoms with E-state index in [-0.39, 0.29) is 5.82 Å². The molecule has 2 aromatic heterocycles. The van der Waals surface area contributed by atoms with Gasteiger partial charge in [-0.05, 0) is 87.3 Å². The van der Waals surface area contributed by atoms with Gasteiger partial charge in [-0.2, -0.15) is 5.10 Å². The first-order chi connectivity index (χ1) is 17.0. The van der Waals surface area contributed by atoms with Crippen LogP contribution in [0.15, 0.2) is 54.7 Å². The Labute approximate surface area is 202 Å². The Morgan fingerprint density at radius 2 is 1.80 bits per heavy atom. The van der Waals surface area contributed by atoms with Gasteiger partial charge in [0, 0.05) is 11.1 Å². The number of rotatable bonds is 6. The number of hydrogen-bond donors (Lipinski definition) is 2. The van der Waals surface area contributed by atoms with Crippen molar-refractivity contribution >= 4 is 11.6 Å². The molecule has 5 rings (SSSR count). The van der Waals surface area contributed by atoms with E-state index in [1.165, 1.54) is 12.1 Å². The number of H-pyrrole nitrogens is 1. The van der Waals surface area contributed by atoms with E-state index in [9.17, 15) is 9.18 Å². The summed E-state index contributed by atoms with van der Waals surface area (Å²) >= 11 is 0. The van der Waals surface area contributed by atoms with Gasteiger partial charge in [-0.15, -0.1) is 5.92 Å². The number of carbonyl (C=O) groups is 1. The number of nitrogens with one attached hydrogen (secondary N) is 1. The average molecular weight is 472 g/mol. The van der Waals surface area contributed by atoms with Crippen molar-refractivity contribution in [1.82, 2.24) is 19.5 Å². The van der Waals surface area contributed by atoms with Crippen molar-refractivity contribution in [3.05, 3.63) is 71.8 Å². The predicted octanol–water partition coefficient (Wildman–Crippen LogP) is 4.56. The molecule has 0 saturated carbocycles. The monoisotopic (exact) mass is 471 g/mol. The van der Waals surface area contributed by atoms with Crippen LogP contribution in [0.25, 0.3) is 16.9 Å². The standard InChI is InChI=1S/C27H26FN5O2/c1-2-3-14-32-15-12-18(13-16-32)23-17-30-33-25(26(29)34)24(31-27(23)33)19-4-8-21(9-5-19)35-22-10-6-20(28)7-11-22/h4-11,17-18,31H,12-16H2,1H3,(H2,29,34). The largest absolute Gasteiger partial charge is 0.457 e. The van der Waals surface area contributed by atoms with Crippen molar-refractivity contribution in [2.45, 2.75) is 25.7 Å². The molecule has 0 aliphatic carbocycles. The lowest BCUT2D eigenvalue weighted by atomic mass is 9.91. The molecule has 35 heavy (non-hydrogen) atoms. The number of carbonyl (C=O) groups excluding carboxylic acids is 1. The Bertz CT molecular complexity index is 1400. The van der Waals surface area contributed by atoms with E-state index in [4.69, 9.17) is 10.5 Å². The SMILES string of the molecule is CC#CCN1CCC(c2cnn3c(C(N)=O)c(-c4ccc(Oc5ccc(F)cc5)cc4)[nH]c23)CC1. The minimum atomic E-state index is -0.555. The summed E-state index contributed by atoms with van der Waals surface area (Å²) in [5.41, 5.74) is 9.37. The van der Waals surface area contributed by atoms with Gasteiger partial charge < -0.3 is 15.5 Å². The topological polar surface area (TPSA) is 88.7 Å². The number of aromatic nitrogens is 3. The highest BCUT2D eigenvalue weighted by atomic mass is 19.1. The molecule has 8 heteroatoms. The van der Waals surface area contributed by atoms with Gasteiger partial charge in [0.05, 0.1) is 18.4 Å². The first-order valence-corrected chi connectivity index (χ1v) is 11.6. The first kappa shape index (κ1) is 22.7. The molecule has 0 radical (unpaired) electrons. The molecule has 2 aromatic carbocycles. The fraction of sp³-hybridized carbons (Fsp3) is 0.259. The lowest BCUT2D eigenvalue weighted by molar-refractivity contribution is 0.0994. The van der Waals surface area contributed by atoms with Crippen LogP contribution in [-0.4, -0.2) is 45.0 Å². The number of hydrogen-bond acceptors (Lipinski definition) is 4. The average Bonchev–Trinajstić information content (AvgIpc) is 3.44. The lowest BCUT2D eigenvalue weighted by Gasteiger charge is -2.30. The first-order valence-electron chi connectivity index (χ1n) is 11.6. The van der Waals surface area contributed by atoms with Crippen LogP contribution < -0.4 is 10.5 Å². The molecule has 1 amide bonds. The molecule has 1 fully saturated rings. The molecule has 1 aliphatic heterocycles. The van der Waals surface area contributed by atoms with Crippen LogP contribution >= 0.6 is 0 Å². The van der Waals surface area contributed by atoms with Gasteiger partial charge in [0.15, 0.2) is 5.69 Å². The Balaban J connectivity index is 1.41. The zero-order valence-corrected chi connectivity index (χ0v) is 19.4. The molecule has 0 spiro atoms. The quantitative estimate of drug-likeness (QED) is 0.404. The second kappa shape index (κ2) is 9.65. The maximum Gasteiger partial charge on any atom is 0.269 e. The molecular formula is C27H26FN5O2. The Morgan fingerprint density at radius 1 is 1.14 bits per heavy atom. The van der Waals surface area contributed by atoms with Gasteiger partial charge >= 0.3 is 0 Å². The smallest absolute Gasteiger partial charge is 0.269 e. The van der Waals surface area contributed by atoms with E-state index in [1.807, 2.05) is 25.3 Å². The zero-order valence-electron chi connectivity index (χ0n) is 19.4. The van der Waals surface area contributed by atoms with Crippen LogP contribution in [0, 0.1) is 17.7 Å². The van der Waals surface area contributed by atoms with Crippen molar-refractivity contribution in [3.8, 4) is 34.6 Å². The second-order valence-corrected chi connectivity index (χ2v) is 8.63. The van der Waals surface area contributed by atoms with Gasteiger partial charge in [0.2, 0.25) is 0 Å². The summed E-state index contributed by atoms with van der Waals surface area (Å²) in [6, 6.07) is 13.1. The van der Waals surface area contributed by atoms with Crippen LogP contribution in [0.1, 0.15) is 41.7 Å². The van der Waals surface area contributed by atoms with Crippen molar-refractivity contribution in [2.75, 3.05) is 19.6 Å². The summed E-state index contributed by atoms with van der Waals surface area (Å²) < 4.78 is 20.5. The number of aromatic amines is 1. The van der Waals surface area contributed by atoms with Crippen molar-refractivity contribution in [2.24, 2.45) is 5.73 Å². The summed E-state index contributed by atoms with van der Waals surface area (Å²) in [6.45, 7) is 4.61. The van der Waals surface area contributed by atoms with Gasteiger partial charge in [-0.1, -0.05) is 5.92 Å². The normalized spacial score (nSPS) is 14.6. The lowest BCUT2D eigenvalue weighted by Crippen LogP contribution is -2.33. The number of amides is 1. The third kappa shape index (κ3) is 4.63. The third-order valence-corrected chi connectivity index (χ3v) is 6.42. The summed E-state index contributed by atoms with van der Waals surface area (Å²) in [7, 11) is 0. The highest BCUT2D eigenvalue weighted by molar-refractivity contribution is 5.98. The summed E-state index contributed by atoms with van der Waals surface area (Å²) in [5, 5.41) is 4.50. The molecule has 178 valence electrons. The van der Waals surface area contributed by atoms with E-state index in [0.29, 0.717) is 28.8 Å². The molecule has 3 heterocycles. The second-order valence-electron chi connectivity index (χ2n) is 8.63. The molecule has 3 N–H and O–H groups in total. The molecule has 7 nitrogen and oxygen atoms in total. The van der Waals surface area contributed by atoms with Crippen molar-refractivity contribution in [1.29, 1.82) is 0 Å². The number of nitrogens with zero attached hydrogens (tertiary/aromatic N) is 3. The van der Waals surface area contributed by atoms with Crippen LogP contribution in [0.5, 0.6) is 11.5 Å². The number of ether oxygens (including phenoxy) is 1. The van der Waals surface area contributed by atoms with Gasteiger partial charge in [-0.25, -0.2) is 8.91 Å². The van der Waals surface area contributed by atoms with Crippen molar-refractivity contribution in [3.63, 3.8) is 0 Å². The number of piperidine rings is 1. The summed E-state index contributed by atoms with van der Waals surface area (Å²) in [6.07, 6.45) is 3.85. The fourth-order valence-electron chi connectivity index (χ4n) is 4.60. The number of imidazole rings is 1. The van der Waals surface area contributed by atoms with E-state index in [1.54, 1.807) is 28.8 Å². The maximum atomic E-state index is 13.1. The van der Waals surface area contributed by atoms with Crippen LogP contribution in [0.4, 0.5) is 4.39 Å². The van der Waals surface area contributed by atoms with Gasteiger partial charge in [-0.3, -0.25) is 9.69 Å². The van der Waals surface area contributed by atoms with E-state index in [0.717, 1.165) is 49.2 Å². The Morgan fingerprint density at radius 3 is 2.43 bits per heavy atom. The third-order valence-electron chi connectivity index (χ3n) is 6.42. The van der Waals surface area contributed by atoms with Crippen LogP contribution in [0.3, 0.4) is 0 Å². The van der Waals surface area contributed by atoms with Crippen LogP contribution in [-0.2, 0) is 0 Å². The number of benzene rings is 2. The molecule has 1 saturated heterocycles. The Kier molecular flexibility index (Phi) is 6.25. The number of primary amides is 1. The van der Waals surface area contributed by atoms with Gasteiger partial charge in [0.1, 0.15) is 23.0 Å². The highest BCUT2D eigenvalue weighted by Gasteiger charge is 2.27. The van der Waals surface area contributed by atoms with E-state index >= 15 is 0 Å². The minimum absolute atomic E-state index is 0.314. The Hall–Kier alpha value is -4.09. The summed E-state index contributed by atoms with van der Waals surface area (Å²) in [4.78, 5) is 18.2. The fourth-order valence-corrected chi connectivity index (χ4v) is 4.60. The number of nitrogens with two attached hydrogens (primary N) is 1. The predicted molar refractivity (Wildman–Crippen MR) is 132 cm³/mol.